The summed E-state index contributed by atoms with van der Waals surface area (Å²) in [5.41, 5.74) is 0. The molecule has 1 aliphatic carbocycles. The molecule has 1 aliphatic heterocycles. The van der Waals surface area contributed by atoms with E-state index in [9.17, 15) is 9.59 Å². The fraction of sp³-hybridized carbons (Fsp3) is 0.867. The van der Waals surface area contributed by atoms with E-state index in [1.807, 2.05) is 4.90 Å². The molecule has 2 atom stereocenters. The lowest BCUT2D eigenvalue weighted by atomic mass is 9.86. The third kappa shape index (κ3) is 4.59. The van der Waals surface area contributed by atoms with E-state index >= 15 is 0 Å². The van der Waals surface area contributed by atoms with Gasteiger partial charge in [-0.3, -0.25) is 9.69 Å². The number of carboxylic acid groups (broad SMARTS) is 1. The number of carbonyl (C=O) groups is 2. The minimum absolute atomic E-state index is 0.0148. The van der Waals surface area contributed by atoms with Crippen LogP contribution in [0, 0.1) is 5.92 Å². The number of amides is 2. The highest BCUT2D eigenvalue weighted by atomic mass is 16.4. The number of hydrogen-bond acceptors (Lipinski definition) is 3. The van der Waals surface area contributed by atoms with Gasteiger partial charge in [0.2, 0.25) is 0 Å². The highest BCUT2D eigenvalue weighted by Gasteiger charge is 2.29. The van der Waals surface area contributed by atoms with Crippen LogP contribution in [0.25, 0.3) is 0 Å². The van der Waals surface area contributed by atoms with Crippen LogP contribution < -0.4 is 5.32 Å². The van der Waals surface area contributed by atoms with Gasteiger partial charge in [0.05, 0.1) is 5.92 Å². The van der Waals surface area contributed by atoms with Crippen molar-refractivity contribution in [1.29, 1.82) is 0 Å². The van der Waals surface area contributed by atoms with Crippen LogP contribution in [0.2, 0.25) is 0 Å². The zero-order valence-corrected chi connectivity index (χ0v) is 12.9. The fourth-order valence-corrected chi connectivity index (χ4v) is 3.30. The van der Waals surface area contributed by atoms with Gasteiger partial charge >= 0.3 is 12.0 Å². The van der Waals surface area contributed by atoms with Crippen molar-refractivity contribution in [3.63, 3.8) is 0 Å². The van der Waals surface area contributed by atoms with Crippen LogP contribution in [0.15, 0.2) is 0 Å². The summed E-state index contributed by atoms with van der Waals surface area (Å²) >= 11 is 0. The second kappa shape index (κ2) is 7.64. The summed E-state index contributed by atoms with van der Waals surface area (Å²) < 4.78 is 0. The molecule has 2 amide bonds. The number of rotatable bonds is 4. The average molecular weight is 297 g/mol. The zero-order valence-electron chi connectivity index (χ0n) is 12.9. The quantitative estimate of drug-likeness (QED) is 0.822. The molecule has 6 nitrogen and oxygen atoms in total. The summed E-state index contributed by atoms with van der Waals surface area (Å²) in [5, 5.41) is 12.1. The topological polar surface area (TPSA) is 72.9 Å². The van der Waals surface area contributed by atoms with Gasteiger partial charge in [0.15, 0.2) is 0 Å². The third-order valence-electron chi connectivity index (χ3n) is 4.55. The van der Waals surface area contributed by atoms with E-state index < -0.39 is 5.97 Å². The number of carboxylic acids is 1. The molecule has 0 radical (unpaired) electrons. The molecule has 21 heavy (non-hydrogen) atoms. The maximum atomic E-state index is 12.3. The van der Waals surface area contributed by atoms with Gasteiger partial charge in [-0.25, -0.2) is 4.79 Å². The molecule has 0 aromatic rings. The standard InChI is InChI=1S/C15H27N3O3/c1-2-6-17-7-9-18(10-8-17)15(21)16-13-5-3-4-12(11-13)14(19)20/h12-13H,2-11H2,1H3,(H,16,21)(H,19,20). The fourth-order valence-electron chi connectivity index (χ4n) is 3.30. The molecule has 0 aromatic heterocycles. The molecule has 1 saturated heterocycles. The SMILES string of the molecule is CCCN1CCN(C(=O)NC2CCCC(C(=O)O)C2)CC1. The van der Waals surface area contributed by atoms with Gasteiger partial charge < -0.3 is 15.3 Å². The minimum atomic E-state index is -0.734. The second-order valence-electron chi connectivity index (χ2n) is 6.18. The van der Waals surface area contributed by atoms with Crippen molar-refractivity contribution in [3.05, 3.63) is 0 Å². The normalized spacial score (nSPS) is 27.4. The van der Waals surface area contributed by atoms with E-state index in [4.69, 9.17) is 5.11 Å². The Kier molecular flexibility index (Phi) is 5.85. The summed E-state index contributed by atoms with van der Waals surface area (Å²) in [6.07, 6.45) is 4.22. The number of urea groups is 1. The van der Waals surface area contributed by atoms with Gasteiger partial charge in [0.1, 0.15) is 0 Å². The molecular weight excluding hydrogens is 270 g/mol. The highest BCUT2D eigenvalue weighted by molar-refractivity contribution is 5.75. The van der Waals surface area contributed by atoms with E-state index in [0.717, 1.165) is 58.4 Å². The Bertz CT molecular complexity index is 367. The molecule has 2 rings (SSSR count). The third-order valence-corrected chi connectivity index (χ3v) is 4.55. The maximum Gasteiger partial charge on any atom is 0.317 e. The molecule has 2 N–H and O–H groups in total. The van der Waals surface area contributed by atoms with Crippen molar-refractivity contribution in [2.75, 3.05) is 32.7 Å². The van der Waals surface area contributed by atoms with Crippen LogP contribution in [-0.2, 0) is 4.79 Å². The Hall–Kier alpha value is -1.30. The molecule has 1 saturated carbocycles. The van der Waals surface area contributed by atoms with E-state index in [1.54, 1.807) is 0 Å². The van der Waals surface area contributed by atoms with Crippen LogP contribution in [-0.4, -0.2) is 65.7 Å². The van der Waals surface area contributed by atoms with E-state index in [2.05, 4.69) is 17.1 Å². The summed E-state index contributed by atoms with van der Waals surface area (Å²) in [6, 6.07) is -0.0109. The predicted octanol–water partition coefficient (Wildman–Crippen LogP) is 1.37. The first-order valence-electron chi connectivity index (χ1n) is 8.10. The lowest BCUT2D eigenvalue weighted by molar-refractivity contribution is -0.143. The number of nitrogens with zero attached hydrogens (tertiary/aromatic N) is 2. The van der Waals surface area contributed by atoms with Crippen molar-refractivity contribution in [3.8, 4) is 0 Å². The molecule has 1 heterocycles. The molecule has 120 valence electrons. The minimum Gasteiger partial charge on any atom is -0.481 e. The monoisotopic (exact) mass is 297 g/mol. The van der Waals surface area contributed by atoms with E-state index in [-0.39, 0.29) is 18.0 Å². The smallest absolute Gasteiger partial charge is 0.317 e. The number of carbonyl (C=O) groups excluding carboxylic acids is 1. The maximum absolute atomic E-state index is 12.3. The molecular formula is C15H27N3O3. The first-order chi connectivity index (χ1) is 10.1. The van der Waals surface area contributed by atoms with Crippen molar-refractivity contribution >= 4 is 12.0 Å². The largest absolute Gasteiger partial charge is 0.481 e. The summed E-state index contributed by atoms with van der Waals surface area (Å²) in [4.78, 5) is 27.6. The van der Waals surface area contributed by atoms with Crippen LogP contribution in [0.3, 0.4) is 0 Å². The van der Waals surface area contributed by atoms with Gasteiger partial charge in [0.25, 0.3) is 0 Å². The van der Waals surface area contributed by atoms with Gasteiger partial charge in [-0.1, -0.05) is 13.3 Å². The van der Waals surface area contributed by atoms with Crippen molar-refractivity contribution in [2.45, 2.75) is 45.1 Å². The molecule has 2 unspecified atom stereocenters. The Morgan fingerprint density at radius 3 is 2.52 bits per heavy atom. The molecule has 2 aliphatic rings. The van der Waals surface area contributed by atoms with Crippen LogP contribution in [0.1, 0.15) is 39.0 Å². The Morgan fingerprint density at radius 2 is 1.90 bits per heavy atom. The predicted molar refractivity (Wildman–Crippen MR) is 80.2 cm³/mol. The Balaban J connectivity index is 1.75. The van der Waals surface area contributed by atoms with Gasteiger partial charge in [0, 0.05) is 32.2 Å². The zero-order chi connectivity index (χ0) is 15.2. The first kappa shape index (κ1) is 16.1. The highest BCUT2D eigenvalue weighted by Crippen LogP contribution is 2.24. The summed E-state index contributed by atoms with van der Waals surface area (Å²) in [6.45, 7) is 6.66. The number of hydrogen-bond donors (Lipinski definition) is 2. The van der Waals surface area contributed by atoms with Gasteiger partial charge in [-0.2, -0.15) is 0 Å². The second-order valence-corrected chi connectivity index (χ2v) is 6.18. The molecule has 0 bridgehead atoms. The Morgan fingerprint density at radius 1 is 1.19 bits per heavy atom. The van der Waals surface area contributed by atoms with E-state index in [0.29, 0.717) is 6.42 Å². The average Bonchev–Trinajstić information content (AvgIpc) is 2.48. The first-order valence-corrected chi connectivity index (χ1v) is 8.10. The lowest BCUT2D eigenvalue weighted by Gasteiger charge is -2.36. The van der Waals surface area contributed by atoms with Gasteiger partial charge in [-0.15, -0.1) is 0 Å². The van der Waals surface area contributed by atoms with E-state index in [1.165, 1.54) is 0 Å². The van der Waals surface area contributed by atoms with Gasteiger partial charge in [-0.05, 0) is 32.2 Å². The van der Waals surface area contributed by atoms with Crippen molar-refractivity contribution in [1.82, 2.24) is 15.1 Å². The molecule has 6 heteroatoms. The lowest BCUT2D eigenvalue weighted by Crippen LogP contribution is -2.54. The Labute approximate surface area is 126 Å². The number of aliphatic carboxylic acids is 1. The molecule has 0 aromatic carbocycles. The molecule has 0 spiro atoms. The number of nitrogens with one attached hydrogen (secondary N) is 1. The summed E-state index contributed by atoms with van der Waals surface area (Å²) in [7, 11) is 0. The van der Waals surface area contributed by atoms with Crippen LogP contribution >= 0.6 is 0 Å². The van der Waals surface area contributed by atoms with Crippen molar-refractivity contribution < 1.29 is 14.7 Å². The van der Waals surface area contributed by atoms with Crippen LogP contribution in [0.4, 0.5) is 4.79 Å². The summed E-state index contributed by atoms with van der Waals surface area (Å²) in [5.74, 6) is -1.03. The van der Waals surface area contributed by atoms with Crippen molar-refractivity contribution in [2.24, 2.45) is 5.92 Å². The number of piperazine rings is 1. The molecule has 2 fully saturated rings. The van der Waals surface area contributed by atoms with Crippen LogP contribution in [0.5, 0.6) is 0 Å².